The maximum atomic E-state index is 8.96. The molecule has 4 atom stereocenters. The van der Waals surface area contributed by atoms with E-state index < -0.39 is 37.6 Å². The molecule has 7 heteroatoms. The largest absolute Gasteiger partial charge is 0.394 e. The highest BCUT2D eigenvalue weighted by atomic mass is 16.6. The third kappa shape index (κ3) is 11.9. The standard InChI is InChI=1S/C6H14O6.C3H6.C2H4O/c7-1-3(9)5(11)6(12)4(10)2-8;1-3-2;1-2-3-1/h3-12H,1-2H2;3H,1H2,2H3;1-2H2/t3-,4+,5-,6-;;/m1../s1. The molecule has 1 fully saturated rings. The molecule has 0 aromatic rings. The van der Waals surface area contributed by atoms with E-state index in [1.165, 1.54) is 0 Å². The molecule has 0 amide bonds. The second kappa shape index (κ2) is 12.9. The van der Waals surface area contributed by atoms with E-state index in [1.807, 2.05) is 6.92 Å². The van der Waals surface area contributed by atoms with Gasteiger partial charge in [0.15, 0.2) is 0 Å². The molecule has 0 saturated carbocycles. The monoisotopic (exact) mass is 268 g/mol. The Labute approximate surface area is 107 Å². The fourth-order valence-electron chi connectivity index (χ4n) is 0.671. The van der Waals surface area contributed by atoms with Gasteiger partial charge < -0.3 is 35.4 Å². The lowest BCUT2D eigenvalue weighted by Crippen LogP contribution is -2.46. The molecule has 0 aliphatic carbocycles. The molecule has 7 nitrogen and oxygen atoms in total. The van der Waals surface area contributed by atoms with Crippen LogP contribution in [0.3, 0.4) is 0 Å². The van der Waals surface area contributed by atoms with E-state index in [4.69, 9.17) is 30.6 Å². The summed E-state index contributed by atoms with van der Waals surface area (Å²) in [5.41, 5.74) is 0. The van der Waals surface area contributed by atoms with Crippen LogP contribution >= 0.6 is 0 Å². The summed E-state index contributed by atoms with van der Waals surface area (Å²) in [6.07, 6.45) is -4.64. The van der Waals surface area contributed by atoms with Gasteiger partial charge in [-0.25, -0.2) is 0 Å². The summed E-state index contributed by atoms with van der Waals surface area (Å²) >= 11 is 0. The van der Waals surface area contributed by atoms with Gasteiger partial charge in [-0.3, -0.25) is 0 Å². The number of aliphatic hydroxyl groups excluding tert-OH is 6. The average Bonchev–Trinajstić information content (AvgIpc) is 3.24. The molecule has 1 rings (SSSR count). The van der Waals surface area contributed by atoms with Gasteiger partial charge in [0.05, 0.1) is 26.4 Å². The van der Waals surface area contributed by atoms with E-state index in [1.54, 1.807) is 6.08 Å². The van der Waals surface area contributed by atoms with Gasteiger partial charge >= 0.3 is 0 Å². The van der Waals surface area contributed by atoms with Gasteiger partial charge in [-0.2, -0.15) is 0 Å². The Morgan fingerprint density at radius 2 is 1.22 bits per heavy atom. The molecule has 0 unspecified atom stereocenters. The second-order valence-corrected chi connectivity index (χ2v) is 3.50. The second-order valence-electron chi connectivity index (χ2n) is 3.50. The van der Waals surface area contributed by atoms with Crippen LogP contribution in [0.1, 0.15) is 6.92 Å². The molecule has 1 aliphatic rings. The van der Waals surface area contributed by atoms with Crippen LogP contribution in [0.5, 0.6) is 0 Å². The average molecular weight is 268 g/mol. The molecule has 1 heterocycles. The zero-order valence-electron chi connectivity index (χ0n) is 10.5. The first-order valence-corrected chi connectivity index (χ1v) is 5.54. The van der Waals surface area contributed by atoms with Crippen molar-refractivity contribution < 1.29 is 35.4 Å². The van der Waals surface area contributed by atoms with Gasteiger partial charge in [0, 0.05) is 0 Å². The first-order chi connectivity index (χ1) is 8.45. The normalized spacial score (nSPS) is 19.1. The smallest absolute Gasteiger partial charge is 0.111 e. The van der Waals surface area contributed by atoms with Crippen molar-refractivity contribution in [2.45, 2.75) is 31.3 Å². The molecule has 0 aromatic heterocycles. The number of allylic oxidation sites excluding steroid dienone is 1. The van der Waals surface area contributed by atoms with Crippen molar-refractivity contribution in [3.05, 3.63) is 12.7 Å². The molecule has 0 radical (unpaired) electrons. The maximum absolute atomic E-state index is 8.96. The van der Waals surface area contributed by atoms with Crippen molar-refractivity contribution in [2.24, 2.45) is 0 Å². The van der Waals surface area contributed by atoms with E-state index in [2.05, 4.69) is 11.3 Å². The van der Waals surface area contributed by atoms with Crippen molar-refractivity contribution >= 4 is 0 Å². The Hall–Kier alpha value is -0.540. The van der Waals surface area contributed by atoms with Crippen molar-refractivity contribution in [3.8, 4) is 0 Å². The first kappa shape index (κ1) is 19.8. The molecular weight excluding hydrogens is 244 g/mol. The van der Waals surface area contributed by atoms with Gasteiger partial charge in [-0.15, -0.1) is 6.58 Å². The molecule has 1 aliphatic heterocycles. The molecule has 0 aromatic carbocycles. The van der Waals surface area contributed by atoms with Crippen LogP contribution in [0.4, 0.5) is 0 Å². The van der Waals surface area contributed by atoms with Crippen LogP contribution < -0.4 is 0 Å². The van der Waals surface area contributed by atoms with Crippen LogP contribution in [0.2, 0.25) is 0 Å². The molecule has 0 spiro atoms. The summed E-state index contributed by atoms with van der Waals surface area (Å²) in [4.78, 5) is 0. The summed E-state index contributed by atoms with van der Waals surface area (Å²) in [5.74, 6) is 0. The quantitative estimate of drug-likeness (QED) is 0.242. The number of hydrogen-bond acceptors (Lipinski definition) is 7. The van der Waals surface area contributed by atoms with Crippen molar-refractivity contribution in [1.82, 2.24) is 0 Å². The van der Waals surface area contributed by atoms with E-state index in [0.29, 0.717) is 0 Å². The van der Waals surface area contributed by atoms with Crippen molar-refractivity contribution in [1.29, 1.82) is 0 Å². The Bertz CT molecular complexity index is 169. The van der Waals surface area contributed by atoms with Gasteiger partial charge in [0.25, 0.3) is 0 Å². The highest BCUT2D eigenvalue weighted by molar-refractivity contribution is 4.79. The summed E-state index contributed by atoms with van der Waals surface area (Å²) in [6.45, 7) is 5.80. The SMILES string of the molecule is C1CO1.C=CC.OC[C@@H](O)[C@@H](O)[C@H](O)[C@@H](O)CO. The Kier molecular flexibility index (Phi) is 14.2. The highest BCUT2D eigenvalue weighted by Gasteiger charge is 2.29. The minimum absolute atomic E-state index is 0.726. The zero-order chi connectivity index (χ0) is 14.6. The lowest BCUT2D eigenvalue weighted by molar-refractivity contribution is -0.123. The molecule has 18 heavy (non-hydrogen) atoms. The fourth-order valence-corrected chi connectivity index (χ4v) is 0.671. The van der Waals surface area contributed by atoms with Crippen LogP contribution in [-0.2, 0) is 4.74 Å². The summed E-state index contributed by atoms with van der Waals surface area (Å²) in [6, 6.07) is 0. The molecule has 110 valence electrons. The van der Waals surface area contributed by atoms with Gasteiger partial charge in [-0.1, -0.05) is 6.08 Å². The van der Waals surface area contributed by atoms with Crippen molar-refractivity contribution in [2.75, 3.05) is 26.4 Å². The number of rotatable bonds is 5. The minimum atomic E-state index is -1.67. The predicted octanol–water partition coefficient (Wildman–Crippen LogP) is -2.38. The van der Waals surface area contributed by atoms with E-state index >= 15 is 0 Å². The number of epoxide rings is 1. The van der Waals surface area contributed by atoms with Crippen molar-refractivity contribution in [3.63, 3.8) is 0 Å². The van der Waals surface area contributed by atoms with Crippen LogP contribution in [0, 0.1) is 0 Å². The van der Waals surface area contributed by atoms with Gasteiger partial charge in [0.1, 0.15) is 24.4 Å². The third-order valence-corrected chi connectivity index (χ3v) is 1.72. The highest BCUT2D eigenvalue weighted by Crippen LogP contribution is 2.03. The number of aliphatic hydroxyl groups is 6. The van der Waals surface area contributed by atoms with Gasteiger partial charge in [-0.05, 0) is 6.92 Å². The number of ether oxygens (including phenoxy) is 1. The number of hydrogen-bond donors (Lipinski definition) is 6. The Morgan fingerprint density at radius 1 is 1.00 bits per heavy atom. The van der Waals surface area contributed by atoms with E-state index in [9.17, 15) is 0 Å². The summed E-state index contributed by atoms with van der Waals surface area (Å²) in [5, 5.41) is 52.2. The van der Waals surface area contributed by atoms with Gasteiger partial charge in [0.2, 0.25) is 0 Å². The minimum Gasteiger partial charge on any atom is -0.394 e. The topological polar surface area (TPSA) is 134 Å². The lowest BCUT2D eigenvalue weighted by Gasteiger charge is -2.24. The zero-order valence-corrected chi connectivity index (χ0v) is 10.5. The molecular formula is C11H24O7. The third-order valence-electron chi connectivity index (χ3n) is 1.72. The summed E-state index contributed by atoms with van der Waals surface area (Å²) < 4.78 is 4.50. The summed E-state index contributed by atoms with van der Waals surface area (Å²) in [7, 11) is 0. The lowest BCUT2D eigenvalue weighted by atomic mass is 10.0. The fraction of sp³-hybridized carbons (Fsp3) is 0.818. The maximum Gasteiger partial charge on any atom is 0.111 e. The Balaban J connectivity index is 0. The van der Waals surface area contributed by atoms with E-state index in [-0.39, 0.29) is 0 Å². The van der Waals surface area contributed by atoms with Crippen LogP contribution in [0.15, 0.2) is 12.7 Å². The van der Waals surface area contributed by atoms with Crippen LogP contribution in [-0.4, -0.2) is 81.5 Å². The predicted molar refractivity (Wildman–Crippen MR) is 64.9 cm³/mol. The molecule has 1 saturated heterocycles. The van der Waals surface area contributed by atoms with Crippen LogP contribution in [0.25, 0.3) is 0 Å². The Morgan fingerprint density at radius 3 is 1.33 bits per heavy atom. The molecule has 6 N–H and O–H groups in total. The van der Waals surface area contributed by atoms with E-state index in [0.717, 1.165) is 13.2 Å². The first-order valence-electron chi connectivity index (χ1n) is 5.54. The molecule has 0 bridgehead atoms.